The van der Waals surface area contributed by atoms with Gasteiger partial charge in [-0.3, -0.25) is 10.1 Å². The zero-order valence-electron chi connectivity index (χ0n) is 9.96. The highest BCUT2D eigenvalue weighted by atomic mass is 79.9. The number of carbonyl (C=O) groups excluding carboxylic acids is 2. The summed E-state index contributed by atoms with van der Waals surface area (Å²) in [4.78, 5) is 24.6. The molecule has 0 unspecified atom stereocenters. The molecule has 4 nitrogen and oxygen atoms in total. The van der Waals surface area contributed by atoms with E-state index in [2.05, 4.69) is 21.2 Å². The van der Waals surface area contributed by atoms with Crippen LogP contribution in [0.3, 0.4) is 0 Å². The molecule has 1 aliphatic heterocycles. The van der Waals surface area contributed by atoms with Gasteiger partial charge in [-0.05, 0) is 32.0 Å². The lowest BCUT2D eigenvalue weighted by molar-refractivity contribution is -0.125. The fraction of sp³-hybridized carbons (Fsp3) is 0.333. The van der Waals surface area contributed by atoms with Gasteiger partial charge in [0.2, 0.25) is 0 Å². The summed E-state index contributed by atoms with van der Waals surface area (Å²) in [5.41, 5.74) is -0.603. The highest BCUT2D eigenvalue weighted by Crippen LogP contribution is 2.25. The van der Waals surface area contributed by atoms with E-state index in [1.165, 1.54) is 11.0 Å². The van der Waals surface area contributed by atoms with Crippen molar-refractivity contribution in [3.63, 3.8) is 0 Å². The lowest BCUT2D eigenvalue weighted by atomic mass is 10.0. The van der Waals surface area contributed by atoms with Gasteiger partial charge in [-0.1, -0.05) is 15.9 Å². The summed E-state index contributed by atoms with van der Waals surface area (Å²) in [5.74, 6) is -0.774. The third-order valence-corrected chi connectivity index (χ3v) is 3.53. The molecule has 1 aliphatic rings. The predicted molar refractivity (Wildman–Crippen MR) is 67.3 cm³/mol. The first kappa shape index (κ1) is 13.0. The summed E-state index contributed by atoms with van der Waals surface area (Å²) >= 11 is 3.25. The molecule has 1 aromatic carbocycles. The topological polar surface area (TPSA) is 49.4 Å². The Morgan fingerprint density at radius 3 is 2.61 bits per heavy atom. The molecule has 0 bridgehead atoms. The number of urea groups is 1. The molecule has 6 heteroatoms. The first-order valence-corrected chi connectivity index (χ1v) is 6.18. The molecular formula is C12H12BrFN2O2. The zero-order valence-corrected chi connectivity index (χ0v) is 11.5. The fourth-order valence-corrected chi connectivity index (χ4v) is 2.21. The fourth-order valence-electron chi connectivity index (χ4n) is 1.80. The van der Waals surface area contributed by atoms with Crippen LogP contribution >= 0.6 is 15.9 Å². The molecule has 0 atom stereocenters. The number of imide groups is 1. The van der Waals surface area contributed by atoms with Gasteiger partial charge in [0.15, 0.2) is 0 Å². The van der Waals surface area contributed by atoms with Crippen LogP contribution in [0, 0.1) is 5.82 Å². The van der Waals surface area contributed by atoms with E-state index in [0.29, 0.717) is 5.56 Å². The van der Waals surface area contributed by atoms with E-state index >= 15 is 0 Å². The van der Waals surface area contributed by atoms with E-state index in [0.717, 1.165) is 4.47 Å². The second-order valence-corrected chi connectivity index (χ2v) is 5.56. The average molecular weight is 315 g/mol. The standard InChI is InChI=1S/C12H12BrFN2O2/c1-12(2)10(17)15-11(18)16(12)6-7-5-8(13)3-4-9(7)14/h3-5H,6H2,1-2H3,(H,15,17,18). The molecule has 1 saturated heterocycles. The van der Waals surface area contributed by atoms with Crippen molar-refractivity contribution in [2.24, 2.45) is 0 Å². The van der Waals surface area contributed by atoms with Crippen molar-refractivity contribution in [3.05, 3.63) is 34.1 Å². The largest absolute Gasteiger partial charge is 0.325 e. The minimum absolute atomic E-state index is 0.0514. The van der Waals surface area contributed by atoms with Crippen molar-refractivity contribution in [2.45, 2.75) is 25.9 Å². The van der Waals surface area contributed by atoms with Gasteiger partial charge in [0.25, 0.3) is 5.91 Å². The second kappa shape index (κ2) is 4.35. The molecule has 0 aromatic heterocycles. The molecule has 96 valence electrons. The smallest absolute Gasteiger partial charge is 0.306 e. The maximum absolute atomic E-state index is 13.6. The number of nitrogens with one attached hydrogen (secondary N) is 1. The maximum Gasteiger partial charge on any atom is 0.325 e. The van der Waals surface area contributed by atoms with Crippen LogP contribution in [0.1, 0.15) is 19.4 Å². The van der Waals surface area contributed by atoms with E-state index < -0.39 is 17.4 Å². The monoisotopic (exact) mass is 314 g/mol. The normalized spacial score (nSPS) is 18.1. The Balaban J connectivity index is 2.31. The van der Waals surface area contributed by atoms with Crippen molar-refractivity contribution in [2.75, 3.05) is 0 Å². The molecule has 0 radical (unpaired) electrons. The number of halogens is 2. The molecule has 1 N–H and O–H groups in total. The van der Waals surface area contributed by atoms with E-state index in [9.17, 15) is 14.0 Å². The number of hydrogen-bond acceptors (Lipinski definition) is 2. The van der Waals surface area contributed by atoms with Gasteiger partial charge in [0.1, 0.15) is 11.4 Å². The van der Waals surface area contributed by atoms with E-state index in [1.54, 1.807) is 26.0 Å². The van der Waals surface area contributed by atoms with Crippen LogP contribution < -0.4 is 5.32 Å². The van der Waals surface area contributed by atoms with Gasteiger partial charge >= 0.3 is 6.03 Å². The Morgan fingerprint density at radius 1 is 1.39 bits per heavy atom. The molecule has 1 aromatic rings. The molecule has 0 spiro atoms. The van der Waals surface area contributed by atoms with Gasteiger partial charge in [-0.15, -0.1) is 0 Å². The summed E-state index contributed by atoms with van der Waals surface area (Å²) in [7, 11) is 0. The molecule has 1 fully saturated rings. The van der Waals surface area contributed by atoms with Crippen LogP contribution in [0.5, 0.6) is 0 Å². The molecule has 3 amide bonds. The predicted octanol–water partition coefficient (Wildman–Crippen LogP) is 2.42. The Labute approximate surface area is 112 Å². The molecule has 2 rings (SSSR count). The van der Waals surface area contributed by atoms with Crippen molar-refractivity contribution in [1.29, 1.82) is 0 Å². The van der Waals surface area contributed by atoms with Gasteiger partial charge in [0, 0.05) is 10.0 Å². The quantitative estimate of drug-likeness (QED) is 0.852. The van der Waals surface area contributed by atoms with Crippen molar-refractivity contribution < 1.29 is 14.0 Å². The Morgan fingerprint density at radius 2 is 2.06 bits per heavy atom. The Kier molecular flexibility index (Phi) is 3.14. The van der Waals surface area contributed by atoms with Crippen molar-refractivity contribution >= 4 is 27.9 Å². The minimum atomic E-state index is -0.966. The van der Waals surface area contributed by atoms with Gasteiger partial charge in [-0.2, -0.15) is 0 Å². The summed E-state index contributed by atoms with van der Waals surface area (Å²) in [6, 6.07) is 4.01. The summed E-state index contributed by atoms with van der Waals surface area (Å²) in [5, 5.41) is 2.23. The maximum atomic E-state index is 13.6. The number of amides is 3. The van der Waals surface area contributed by atoms with Gasteiger partial charge in [-0.25, -0.2) is 9.18 Å². The zero-order chi connectivity index (χ0) is 13.5. The molecule has 0 saturated carbocycles. The van der Waals surface area contributed by atoms with Crippen molar-refractivity contribution in [1.82, 2.24) is 10.2 Å². The molecule has 18 heavy (non-hydrogen) atoms. The highest BCUT2D eigenvalue weighted by molar-refractivity contribution is 9.10. The average Bonchev–Trinajstić information content (AvgIpc) is 2.46. The van der Waals surface area contributed by atoms with Crippen LogP contribution in [-0.2, 0) is 11.3 Å². The summed E-state index contributed by atoms with van der Waals surface area (Å²) < 4.78 is 14.4. The number of rotatable bonds is 2. The van der Waals surface area contributed by atoms with Gasteiger partial charge < -0.3 is 4.90 Å². The minimum Gasteiger partial charge on any atom is -0.306 e. The number of hydrogen-bond donors (Lipinski definition) is 1. The van der Waals surface area contributed by atoms with E-state index in [4.69, 9.17) is 0 Å². The summed E-state index contributed by atoms with van der Waals surface area (Å²) in [6.45, 7) is 3.31. The summed E-state index contributed by atoms with van der Waals surface area (Å²) in [6.07, 6.45) is 0. The van der Waals surface area contributed by atoms with E-state index in [-0.39, 0.29) is 12.5 Å². The SMILES string of the molecule is CC1(C)C(=O)NC(=O)N1Cc1cc(Br)ccc1F. The van der Waals surface area contributed by atoms with Gasteiger partial charge in [0.05, 0.1) is 6.54 Å². The third kappa shape index (κ3) is 2.12. The third-order valence-electron chi connectivity index (χ3n) is 3.03. The lowest BCUT2D eigenvalue weighted by Crippen LogP contribution is -2.43. The number of carbonyl (C=O) groups is 2. The molecule has 1 heterocycles. The van der Waals surface area contributed by atoms with Crippen LogP contribution in [0.2, 0.25) is 0 Å². The van der Waals surface area contributed by atoms with Crippen molar-refractivity contribution in [3.8, 4) is 0 Å². The second-order valence-electron chi connectivity index (χ2n) is 4.64. The van der Waals surface area contributed by atoms with Crippen LogP contribution in [0.25, 0.3) is 0 Å². The lowest BCUT2D eigenvalue weighted by Gasteiger charge is -2.28. The number of benzene rings is 1. The highest BCUT2D eigenvalue weighted by Gasteiger charge is 2.45. The van der Waals surface area contributed by atoms with Crippen LogP contribution in [0.15, 0.2) is 22.7 Å². The number of nitrogens with zero attached hydrogens (tertiary/aromatic N) is 1. The Bertz CT molecular complexity index is 531. The molecule has 0 aliphatic carbocycles. The Hall–Kier alpha value is -1.43. The van der Waals surface area contributed by atoms with E-state index in [1.807, 2.05) is 0 Å². The first-order valence-electron chi connectivity index (χ1n) is 5.39. The van der Waals surface area contributed by atoms with Crippen LogP contribution in [0.4, 0.5) is 9.18 Å². The molecular weight excluding hydrogens is 303 g/mol. The first-order chi connectivity index (χ1) is 8.32. The van der Waals surface area contributed by atoms with Crippen LogP contribution in [-0.4, -0.2) is 22.4 Å².